The van der Waals surface area contributed by atoms with Gasteiger partial charge in [-0.15, -0.1) is 0 Å². The van der Waals surface area contributed by atoms with E-state index >= 15 is 0 Å². The Labute approximate surface area is 105 Å². The van der Waals surface area contributed by atoms with Gasteiger partial charge < -0.3 is 11.5 Å². The molecule has 1 heterocycles. The van der Waals surface area contributed by atoms with Gasteiger partial charge in [0, 0.05) is 18.4 Å². The summed E-state index contributed by atoms with van der Waals surface area (Å²) < 4.78 is 0. The summed E-state index contributed by atoms with van der Waals surface area (Å²) in [6, 6.07) is 5.13. The van der Waals surface area contributed by atoms with E-state index in [0.717, 1.165) is 23.6 Å². The molecule has 0 saturated carbocycles. The number of amides is 2. The van der Waals surface area contributed by atoms with Crippen LogP contribution in [-0.4, -0.2) is 22.6 Å². The Morgan fingerprint density at radius 2 is 2.24 bits per heavy atom. The van der Waals surface area contributed by atoms with Crippen molar-refractivity contribution < 1.29 is 4.79 Å². The Morgan fingerprint density at radius 3 is 2.88 bits per heavy atom. The molecule has 0 aliphatic rings. The van der Waals surface area contributed by atoms with Crippen LogP contribution in [-0.2, 0) is 5.75 Å². The molecule has 1 aromatic rings. The van der Waals surface area contributed by atoms with Gasteiger partial charge in [0.15, 0.2) is 0 Å². The average Bonchev–Trinajstić information content (AvgIpc) is 2.29. The summed E-state index contributed by atoms with van der Waals surface area (Å²) in [5.41, 5.74) is 11.4. The molecule has 0 unspecified atom stereocenters. The van der Waals surface area contributed by atoms with Crippen LogP contribution in [0.3, 0.4) is 0 Å². The van der Waals surface area contributed by atoms with Crippen LogP contribution >= 0.6 is 11.8 Å². The number of urea groups is 1. The van der Waals surface area contributed by atoms with E-state index in [0.29, 0.717) is 12.3 Å². The standard InChI is InChI=1S/C11H16N4OS/c12-10(15-11(13)16)5-3-7-17-8-9-4-1-2-6-14-9/h1-2,4,6H,3,5,7-8H2,(H4,12,13,15,16). The molecule has 0 radical (unpaired) electrons. The lowest BCUT2D eigenvalue weighted by Crippen LogP contribution is -2.17. The van der Waals surface area contributed by atoms with Crippen molar-refractivity contribution in [3.8, 4) is 0 Å². The lowest BCUT2D eigenvalue weighted by atomic mass is 10.3. The lowest BCUT2D eigenvalue weighted by Gasteiger charge is -2.01. The van der Waals surface area contributed by atoms with Crippen LogP contribution in [0.5, 0.6) is 0 Å². The predicted octanol–water partition coefficient (Wildman–Crippen LogP) is 1.53. The molecule has 1 aromatic heterocycles. The molecule has 4 N–H and O–H groups in total. The predicted molar refractivity (Wildman–Crippen MR) is 70.8 cm³/mol. The number of hydrogen-bond donors (Lipinski definition) is 2. The zero-order valence-electron chi connectivity index (χ0n) is 9.50. The van der Waals surface area contributed by atoms with Crippen molar-refractivity contribution in [3.05, 3.63) is 30.1 Å². The first-order valence-electron chi connectivity index (χ1n) is 5.28. The van der Waals surface area contributed by atoms with Gasteiger partial charge in [-0.3, -0.25) is 4.98 Å². The van der Waals surface area contributed by atoms with Crippen LogP contribution in [0.25, 0.3) is 0 Å². The van der Waals surface area contributed by atoms with Crippen molar-refractivity contribution in [3.63, 3.8) is 0 Å². The van der Waals surface area contributed by atoms with Gasteiger partial charge in [0.05, 0.1) is 5.69 Å². The minimum Gasteiger partial charge on any atom is -0.387 e. The first-order valence-corrected chi connectivity index (χ1v) is 6.44. The van der Waals surface area contributed by atoms with Gasteiger partial charge in [-0.25, -0.2) is 4.79 Å². The number of aromatic nitrogens is 1. The van der Waals surface area contributed by atoms with E-state index in [1.165, 1.54) is 0 Å². The van der Waals surface area contributed by atoms with Gasteiger partial charge in [0.2, 0.25) is 0 Å². The largest absolute Gasteiger partial charge is 0.387 e. The number of aliphatic imine (C=N–C) groups is 1. The van der Waals surface area contributed by atoms with Crippen LogP contribution in [0.4, 0.5) is 4.79 Å². The van der Waals surface area contributed by atoms with Crippen molar-refractivity contribution >= 4 is 23.6 Å². The summed E-state index contributed by atoms with van der Waals surface area (Å²) in [5, 5.41) is 0. The molecular formula is C11H16N4OS. The van der Waals surface area contributed by atoms with Crippen molar-refractivity contribution in [1.29, 1.82) is 0 Å². The topological polar surface area (TPSA) is 94.4 Å². The average molecular weight is 252 g/mol. The van der Waals surface area contributed by atoms with Crippen LogP contribution in [0.2, 0.25) is 0 Å². The zero-order chi connectivity index (χ0) is 12.5. The van der Waals surface area contributed by atoms with E-state index in [1.807, 2.05) is 18.2 Å². The van der Waals surface area contributed by atoms with E-state index in [1.54, 1.807) is 18.0 Å². The van der Waals surface area contributed by atoms with E-state index in [-0.39, 0.29) is 0 Å². The second-order valence-corrected chi connectivity index (χ2v) is 4.52. The van der Waals surface area contributed by atoms with Crippen LogP contribution in [0.1, 0.15) is 18.5 Å². The summed E-state index contributed by atoms with van der Waals surface area (Å²) in [5.74, 6) is 2.13. The smallest absolute Gasteiger partial charge is 0.339 e. The first-order chi connectivity index (χ1) is 8.18. The Hall–Kier alpha value is -1.56. The molecule has 6 heteroatoms. The molecule has 0 bridgehead atoms. The Morgan fingerprint density at radius 1 is 1.41 bits per heavy atom. The minimum absolute atomic E-state index is 0.302. The zero-order valence-corrected chi connectivity index (χ0v) is 10.3. The highest BCUT2D eigenvalue weighted by Crippen LogP contribution is 2.11. The number of primary amides is 1. The Kier molecular flexibility index (Phi) is 6.09. The van der Waals surface area contributed by atoms with E-state index in [9.17, 15) is 4.79 Å². The Bertz CT molecular complexity index is 380. The summed E-state index contributed by atoms with van der Waals surface area (Å²) in [4.78, 5) is 18.1. The maximum absolute atomic E-state index is 10.4. The van der Waals surface area contributed by atoms with E-state index in [4.69, 9.17) is 11.5 Å². The van der Waals surface area contributed by atoms with Crippen LogP contribution in [0, 0.1) is 0 Å². The third-order valence-corrected chi connectivity index (χ3v) is 3.03. The highest BCUT2D eigenvalue weighted by atomic mass is 32.2. The number of hydrogen-bond acceptors (Lipinski definition) is 3. The lowest BCUT2D eigenvalue weighted by molar-refractivity contribution is 0.256. The molecule has 92 valence electrons. The van der Waals surface area contributed by atoms with E-state index < -0.39 is 6.03 Å². The molecule has 0 aliphatic heterocycles. The number of carbonyl (C=O) groups excluding carboxylic acids is 1. The molecule has 0 atom stereocenters. The maximum Gasteiger partial charge on any atom is 0.339 e. The molecule has 0 saturated heterocycles. The molecule has 0 fully saturated rings. The normalized spacial score (nSPS) is 11.4. The van der Waals surface area contributed by atoms with Crippen molar-refractivity contribution in [2.75, 3.05) is 5.75 Å². The second kappa shape index (κ2) is 7.67. The van der Waals surface area contributed by atoms with E-state index in [2.05, 4.69) is 9.98 Å². The fourth-order valence-electron chi connectivity index (χ4n) is 1.21. The Balaban J connectivity index is 2.11. The molecule has 5 nitrogen and oxygen atoms in total. The van der Waals surface area contributed by atoms with Gasteiger partial charge in [-0.05, 0) is 24.3 Å². The molecule has 0 spiro atoms. The number of rotatable bonds is 6. The summed E-state index contributed by atoms with van der Waals surface area (Å²) in [7, 11) is 0. The molecule has 1 rings (SSSR count). The maximum atomic E-state index is 10.4. The summed E-state index contributed by atoms with van der Waals surface area (Å²) in [6.07, 6.45) is 3.26. The highest BCUT2D eigenvalue weighted by Gasteiger charge is 1.97. The molecule has 2 amide bonds. The van der Waals surface area contributed by atoms with Crippen LogP contribution < -0.4 is 11.5 Å². The molecular weight excluding hydrogens is 236 g/mol. The second-order valence-electron chi connectivity index (χ2n) is 3.42. The summed E-state index contributed by atoms with van der Waals surface area (Å²) in [6.45, 7) is 0. The molecule has 0 aliphatic carbocycles. The third kappa shape index (κ3) is 6.57. The number of carbonyl (C=O) groups is 1. The van der Waals surface area contributed by atoms with Gasteiger partial charge in [-0.2, -0.15) is 16.8 Å². The fraction of sp³-hybridized carbons (Fsp3) is 0.364. The number of amidine groups is 1. The van der Waals surface area contributed by atoms with Crippen LogP contribution in [0.15, 0.2) is 29.4 Å². The number of nitrogens with two attached hydrogens (primary N) is 2. The number of pyridine rings is 1. The minimum atomic E-state index is -0.733. The molecule has 17 heavy (non-hydrogen) atoms. The number of nitrogens with zero attached hydrogens (tertiary/aromatic N) is 2. The van der Waals surface area contributed by atoms with Gasteiger partial charge >= 0.3 is 6.03 Å². The highest BCUT2D eigenvalue weighted by molar-refractivity contribution is 7.98. The van der Waals surface area contributed by atoms with Gasteiger partial charge in [-0.1, -0.05) is 6.07 Å². The van der Waals surface area contributed by atoms with Crippen molar-refractivity contribution in [2.45, 2.75) is 18.6 Å². The number of thioether (sulfide) groups is 1. The quantitative estimate of drug-likeness (QED) is 0.456. The summed E-state index contributed by atoms with van der Waals surface area (Å²) >= 11 is 1.78. The van der Waals surface area contributed by atoms with Crippen molar-refractivity contribution in [2.24, 2.45) is 16.5 Å². The first kappa shape index (κ1) is 13.5. The monoisotopic (exact) mass is 252 g/mol. The SMILES string of the molecule is NC(=O)/N=C(/N)CCCSCc1ccccn1. The van der Waals surface area contributed by atoms with Gasteiger partial charge in [0.1, 0.15) is 5.84 Å². The van der Waals surface area contributed by atoms with Gasteiger partial charge in [0.25, 0.3) is 0 Å². The fourth-order valence-corrected chi connectivity index (χ4v) is 2.09. The molecule has 0 aromatic carbocycles. The third-order valence-electron chi connectivity index (χ3n) is 1.95. The van der Waals surface area contributed by atoms with Crippen molar-refractivity contribution in [1.82, 2.24) is 4.98 Å².